The summed E-state index contributed by atoms with van der Waals surface area (Å²) in [6.45, 7) is 5.06. The molecule has 0 bridgehead atoms. The smallest absolute Gasteiger partial charge is 0.00109 e. The number of rotatable bonds is 3. The molecule has 2 N–H and O–H groups in total. The van der Waals surface area contributed by atoms with Crippen molar-refractivity contribution >= 4 is 0 Å². The van der Waals surface area contributed by atoms with Crippen LogP contribution < -0.4 is 5.73 Å². The topological polar surface area (TPSA) is 26.0 Å². The van der Waals surface area contributed by atoms with Crippen LogP contribution >= 0.6 is 0 Å². The van der Waals surface area contributed by atoms with Crippen LogP contribution in [0.15, 0.2) is 24.3 Å². The van der Waals surface area contributed by atoms with Crippen molar-refractivity contribution in [1.82, 2.24) is 0 Å². The Morgan fingerprint density at radius 2 is 2.17 bits per heavy atom. The van der Waals surface area contributed by atoms with E-state index in [1.165, 1.54) is 11.1 Å². The normalized spacial score (nSPS) is 12.9. The number of benzene rings is 1. The summed E-state index contributed by atoms with van der Waals surface area (Å²) in [5.41, 5.74) is 8.35. The third-order valence-corrected chi connectivity index (χ3v) is 2.28. The highest BCUT2D eigenvalue weighted by atomic mass is 14.5. The van der Waals surface area contributed by atoms with Crippen LogP contribution in [0.25, 0.3) is 0 Å². The maximum absolute atomic E-state index is 5.60. The fourth-order valence-corrected chi connectivity index (χ4v) is 1.26. The molecule has 1 atom stereocenters. The fourth-order valence-electron chi connectivity index (χ4n) is 1.26. The quantitative estimate of drug-likeness (QED) is 0.727. The predicted molar refractivity (Wildman–Crippen MR) is 53.3 cm³/mol. The second kappa shape index (κ2) is 4.27. The first kappa shape index (κ1) is 9.27. The van der Waals surface area contributed by atoms with Gasteiger partial charge in [0.15, 0.2) is 0 Å². The standard InChI is InChI=1S/C11H17N/c1-3-10-5-4-6-11(7-10)9(2)8-12/h4-7,9H,3,8,12H2,1-2H3/t9-/m1/s1. The SMILES string of the molecule is CCc1cccc([C@H](C)CN)c1. The lowest BCUT2D eigenvalue weighted by Gasteiger charge is -2.09. The summed E-state index contributed by atoms with van der Waals surface area (Å²) in [6.07, 6.45) is 1.10. The maximum Gasteiger partial charge on any atom is -0.00109 e. The molecular weight excluding hydrogens is 146 g/mol. The molecule has 0 aromatic heterocycles. The minimum Gasteiger partial charge on any atom is -0.330 e. The van der Waals surface area contributed by atoms with Crippen molar-refractivity contribution < 1.29 is 0 Å². The van der Waals surface area contributed by atoms with E-state index in [2.05, 4.69) is 38.1 Å². The van der Waals surface area contributed by atoms with E-state index in [-0.39, 0.29) is 0 Å². The Morgan fingerprint density at radius 1 is 1.42 bits per heavy atom. The van der Waals surface area contributed by atoms with Gasteiger partial charge in [0.05, 0.1) is 0 Å². The molecule has 0 fully saturated rings. The second-order valence-corrected chi connectivity index (χ2v) is 3.24. The average molecular weight is 163 g/mol. The van der Waals surface area contributed by atoms with Gasteiger partial charge < -0.3 is 5.73 Å². The number of hydrogen-bond acceptors (Lipinski definition) is 1. The van der Waals surface area contributed by atoms with Crippen LogP contribution in [-0.2, 0) is 6.42 Å². The molecule has 0 aliphatic heterocycles. The van der Waals surface area contributed by atoms with Gasteiger partial charge in [-0.05, 0) is 30.0 Å². The molecule has 0 heterocycles. The van der Waals surface area contributed by atoms with Crippen LogP contribution in [0.1, 0.15) is 30.9 Å². The fraction of sp³-hybridized carbons (Fsp3) is 0.455. The van der Waals surface area contributed by atoms with E-state index in [9.17, 15) is 0 Å². The molecule has 0 spiro atoms. The molecule has 0 radical (unpaired) electrons. The molecule has 1 heteroatoms. The molecule has 1 aromatic rings. The van der Waals surface area contributed by atoms with E-state index in [1.54, 1.807) is 0 Å². The van der Waals surface area contributed by atoms with Gasteiger partial charge in [0.1, 0.15) is 0 Å². The van der Waals surface area contributed by atoms with Gasteiger partial charge >= 0.3 is 0 Å². The van der Waals surface area contributed by atoms with Crippen LogP contribution in [0.3, 0.4) is 0 Å². The van der Waals surface area contributed by atoms with Gasteiger partial charge in [0, 0.05) is 0 Å². The van der Waals surface area contributed by atoms with Crippen LogP contribution in [0, 0.1) is 0 Å². The van der Waals surface area contributed by atoms with Gasteiger partial charge in [-0.25, -0.2) is 0 Å². The van der Waals surface area contributed by atoms with Gasteiger partial charge in [-0.2, -0.15) is 0 Å². The summed E-state index contributed by atoms with van der Waals surface area (Å²) in [5, 5.41) is 0. The van der Waals surface area contributed by atoms with Crippen LogP contribution in [0.5, 0.6) is 0 Å². The largest absolute Gasteiger partial charge is 0.330 e. The van der Waals surface area contributed by atoms with Crippen LogP contribution in [-0.4, -0.2) is 6.54 Å². The molecular formula is C11H17N. The summed E-state index contributed by atoms with van der Waals surface area (Å²) in [7, 11) is 0. The highest BCUT2D eigenvalue weighted by Gasteiger charge is 2.02. The van der Waals surface area contributed by atoms with E-state index in [0.29, 0.717) is 5.92 Å². The molecule has 12 heavy (non-hydrogen) atoms. The molecule has 0 saturated carbocycles. The molecule has 0 unspecified atom stereocenters. The minimum absolute atomic E-state index is 0.483. The maximum atomic E-state index is 5.60. The zero-order valence-corrected chi connectivity index (χ0v) is 7.88. The molecule has 66 valence electrons. The zero-order chi connectivity index (χ0) is 8.97. The second-order valence-electron chi connectivity index (χ2n) is 3.24. The van der Waals surface area contributed by atoms with Gasteiger partial charge in [0.25, 0.3) is 0 Å². The minimum atomic E-state index is 0.483. The Bertz CT molecular complexity index is 243. The third kappa shape index (κ3) is 2.08. The van der Waals surface area contributed by atoms with Crippen molar-refractivity contribution in [2.24, 2.45) is 5.73 Å². The molecule has 0 aliphatic carbocycles. The molecule has 0 aliphatic rings. The van der Waals surface area contributed by atoms with Gasteiger partial charge in [-0.3, -0.25) is 0 Å². The summed E-state index contributed by atoms with van der Waals surface area (Å²) < 4.78 is 0. The Kier molecular flexibility index (Phi) is 3.30. The van der Waals surface area contributed by atoms with Crippen LogP contribution in [0.2, 0.25) is 0 Å². The first-order chi connectivity index (χ1) is 5.77. The first-order valence-electron chi connectivity index (χ1n) is 4.56. The van der Waals surface area contributed by atoms with Crippen molar-refractivity contribution in [2.75, 3.05) is 6.54 Å². The summed E-state index contributed by atoms with van der Waals surface area (Å²) >= 11 is 0. The van der Waals surface area contributed by atoms with Crippen molar-refractivity contribution in [3.63, 3.8) is 0 Å². The molecule has 0 saturated heterocycles. The molecule has 0 amide bonds. The predicted octanol–water partition coefficient (Wildman–Crippen LogP) is 2.31. The monoisotopic (exact) mass is 163 g/mol. The van der Waals surface area contributed by atoms with E-state index in [4.69, 9.17) is 5.73 Å². The lowest BCUT2D eigenvalue weighted by Crippen LogP contribution is -2.08. The van der Waals surface area contributed by atoms with E-state index < -0.39 is 0 Å². The Balaban J connectivity index is 2.86. The summed E-state index contributed by atoms with van der Waals surface area (Å²) in [6, 6.07) is 8.67. The lowest BCUT2D eigenvalue weighted by atomic mass is 9.99. The van der Waals surface area contributed by atoms with Gasteiger partial charge in [0.2, 0.25) is 0 Å². The van der Waals surface area contributed by atoms with Crippen molar-refractivity contribution in [2.45, 2.75) is 26.2 Å². The van der Waals surface area contributed by atoms with Crippen molar-refractivity contribution in [3.05, 3.63) is 35.4 Å². The molecule has 1 aromatic carbocycles. The highest BCUT2D eigenvalue weighted by molar-refractivity contribution is 5.26. The van der Waals surface area contributed by atoms with Gasteiger partial charge in [-0.1, -0.05) is 38.1 Å². The number of aryl methyl sites for hydroxylation is 1. The van der Waals surface area contributed by atoms with Gasteiger partial charge in [-0.15, -0.1) is 0 Å². The van der Waals surface area contributed by atoms with E-state index in [1.807, 2.05) is 0 Å². The number of nitrogens with two attached hydrogens (primary N) is 1. The summed E-state index contributed by atoms with van der Waals surface area (Å²) in [4.78, 5) is 0. The highest BCUT2D eigenvalue weighted by Crippen LogP contribution is 2.15. The average Bonchev–Trinajstić information content (AvgIpc) is 2.17. The molecule has 1 nitrogen and oxygen atoms in total. The van der Waals surface area contributed by atoms with Crippen molar-refractivity contribution in [3.8, 4) is 0 Å². The van der Waals surface area contributed by atoms with E-state index >= 15 is 0 Å². The van der Waals surface area contributed by atoms with E-state index in [0.717, 1.165) is 13.0 Å². The number of hydrogen-bond donors (Lipinski definition) is 1. The Labute approximate surface area is 74.6 Å². The van der Waals surface area contributed by atoms with Crippen LogP contribution in [0.4, 0.5) is 0 Å². The zero-order valence-electron chi connectivity index (χ0n) is 7.88. The first-order valence-corrected chi connectivity index (χ1v) is 4.56. The van der Waals surface area contributed by atoms with Crippen molar-refractivity contribution in [1.29, 1.82) is 0 Å². The Morgan fingerprint density at radius 3 is 2.75 bits per heavy atom. The molecule has 1 rings (SSSR count). The third-order valence-electron chi connectivity index (χ3n) is 2.28. The summed E-state index contributed by atoms with van der Waals surface area (Å²) in [5.74, 6) is 0.483. The lowest BCUT2D eigenvalue weighted by molar-refractivity contribution is 0.772. The Hall–Kier alpha value is -0.820.